The third kappa shape index (κ3) is 12.7. The largest absolute Gasteiger partial charge is 0.506 e. The fourth-order valence-electron chi connectivity index (χ4n) is 5.19. The van der Waals surface area contributed by atoms with Crippen molar-refractivity contribution in [2.75, 3.05) is 26.2 Å². The Morgan fingerprint density at radius 1 is 0.485 bits per heavy atom. The lowest BCUT2D eigenvalue weighted by molar-refractivity contribution is -0.385. The number of amides is 6. The minimum atomic E-state index is -1.09. The van der Waals surface area contributed by atoms with E-state index in [1.54, 1.807) is 6.07 Å². The number of benzene rings is 6. The number of nitrogens with one attached hydrogen (secondary N) is 4. The maximum absolute atomic E-state index is 13.4. The standard InChI is InChI=1S/C13H9F2N3O4.C13H10FN3O4.C13H10N4O6/c14-8-2-1-3-9(15)12(8)17-13(20)16-10-5-4-7(18(21)22)6-11(10)19;14-9-3-1-2-4-10(9)15-13(19)16-11-6-5-8(17(20)21)7-12(11)18;14-13(19)15(9-3-1-2-4-10(9)17(22)23)11-6-5-8(16(20)21)7-12(11)18/h1-6,19H,(H2,16,17,20);1-7,18H,(H2,15,16,19);1-7,18H,(H2,14,19). The molecule has 0 bridgehead atoms. The van der Waals surface area contributed by atoms with Crippen molar-refractivity contribution in [2.24, 2.45) is 5.73 Å². The van der Waals surface area contributed by atoms with Gasteiger partial charge in [-0.1, -0.05) is 30.3 Å². The number of para-hydroxylation sites is 4. The van der Waals surface area contributed by atoms with Crippen molar-refractivity contribution in [1.82, 2.24) is 0 Å². The molecule has 24 nitrogen and oxygen atoms in total. The lowest BCUT2D eigenvalue weighted by Gasteiger charge is -2.21. The van der Waals surface area contributed by atoms with Crippen LogP contribution in [0.5, 0.6) is 17.2 Å². The molecule has 0 aliphatic heterocycles. The smallest absolute Gasteiger partial charge is 0.324 e. The number of nitro groups is 4. The van der Waals surface area contributed by atoms with Crippen LogP contribution in [0.2, 0.25) is 0 Å². The summed E-state index contributed by atoms with van der Waals surface area (Å²) < 4.78 is 40.1. The maximum Gasteiger partial charge on any atom is 0.324 e. The number of nitrogens with zero attached hydrogens (tertiary/aromatic N) is 5. The van der Waals surface area contributed by atoms with Crippen LogP contribution in [0.1, 0.15) is 0 Å². The molecule has 0 saturated heterocycles. The minimum Gasteiger partial charge on any atom is -0.506 e. The predicted molar refractivity (Wildman–Crippen MR) is 227 cm³/mol. The van der Waals surface area contributed by atoms with Gasteiger partial charge in [-0.25, -0.2) is 27.6 Å². The lowest BCUT2D eigenvalue weighted by atomic mass is 10.2. The number of urea groups is 3. The summed E-state index contributed by atoms with van der Waals surface area (Å²) >= 11 is 0. The van der Waals surface area contributed by atoms with Crippen molar-refractivity contribution in [3.05, 3.63) is 179 Å². The number of rotatable bonds is 10. The zero-order chi connectivity index (χ0) is 48.8. The molecule has 6 aromatic carbocycles. The number of phenols is 3. The van der Waals surface area contributed by atoms with Crippen LogP contribution in [0.3, 0.4) is 0 Å². The normalized spacial score (nSPS) is 10.0. The van der Waals surface area contributed by atoms with Gasteiger partial charge in [0.25, 0.3) is 22.7 Å². The van der Waals surface area contributed by atoms with E-state index in [4.69, 9.17) is 5.73 Å². The molecule has 0 aromatic heterocycles. The number of nitrogens with two attached hydrogens (primary N) is 1. The van der Waals surface area contributed by atoms with E-state index in [9.17, 15) is 83.3 Å². The van der Waals surface area contributed by atoms with Gasteiger partial charge in [-0.15, -0.1) is 0 Å². The first-order chi connectivity index (χ1) is 31.2. The van der Waals surface area contributed by atoms with Gasteiger partial charge in [-0.3, -0.25) is 45.4 Å². The van der Waals surface area contributed by atoms with Gasteiger partial charge in [-0.05, 0) is 48.5 Å². The first-order valence-corrected chi connectivity index (χ1v) is 17.8. The number of non-ortho nitro benzene ring substituents is 3. The summed E-state index contributed by atoms with van der Waals surface area (Å²) in [5.41, 5.74) is 2.50. The molecule has 0 saturated carbocycles. The van der Waals surface area contributed by atoms with E-state index in [1.807, 2.05) is 5.32 Å². The summed E-state index contributed by atoms with van der Waals surface area (Å²) in [4.78, 5) is 75.7. The third-order valence-corrected chi connectivity index (χ3v) is 8.15. The molecule has 0 fully saturated rings. The number of halogens is 3. The summed E-state index contributed by atoms with van der Waals surface area (Å²) in [6, 6.07) is 20.1. The number of primary amides is 1. The molecule has 0 aliphatic carbocycles. The number of phenolic OH excluding ortho intramolecular Hbond substituents is 3. The summed E-state index contributed by atoms with van der Waals surface area (Å²) in [5.74, 6) is -4.19. The van der Waals surface area contributed by atoms with Crippen LogP contribution in [-0.2, 0) is 0 Å². The average Bonchev–Trinajstić information content (AvgIpc) is 3.25. The highest BCUT2D eigenvalue weighted by molar-refractivity contribution is 6.03. The number of carbonyl (C=O) groups excluding carboxylic acids is 3. The highest BCUT2D eigenvalue weighted by Crippen LogP contribution is 2.39. The van der Waals surface area contributed by atoms with Crippen molar-refractivity contribution < 1.29 is 62.6 Å². The van der Waals surface area contributed by atoms with Crippen LogP contribution < -0.4 is 31.9 Å². The summed E-state index contributed by atoms with van der Waals surface area (Å²) in [6.45, 7) is 0. The van der Waals surface area contributed by atoms with Crippen molar-refractivity contribution in [2.45, 2.75) is 0 Å². The van der Waals surface area contributed by atoms with Crippen molar-refractivity contribution in [1.29, 1.82) is 0 Å². The molecule has 6 rings (SSSR count). The molecule has 0 spiro atoms. The van der Waals surface area contributed by atoms with Crippen LogP contribution >= 0.6 is 0 Å². The Bertz CT molecular complexity index is 2850. The molecule has 0 atom stereocenters. The molecule has 66 heavy (non-hydrogen) atoms. The van der Waals surface area contributed by atoms with Gasteiger partial charge in [0.05, 0.1) is 60.6 Å². The van der Waals surface area contributed by atoms with Crippen molar-refractivity contribution in [3.63, 3.8) is 0 Å². The first-order valence-electron chi connectivity index (χ1n) is 17.8. The van der Waals surface area contributed by atoms with Crippen LogP contribution in [0, 0.1) is 57.9 Å². The van der Waals surface area contributed by atoms with Gasteiger partial charge in [0.1, 0.15) is 46.1 Å². The van der Waals surface area contributed by atoms with Gasteiger partial charge in [0.2, 0.25) is 0 Å². The van der Waals surface area contributed by atoms with E-state index >= 15 is 0 Å². The summed E-state index contributed by atoms with van der Waals surface area (Å²) in [7, 11) is 0. The Kier molecular flexibility index (Phi) is 15.9. The second-order valence-corrected chi connectivity index (χ2v) is 12.5. The topological polar surface area (TPSA) is 362 Å². The SMILES string of the molecule is NC(=O)N(c1ccc([N+](=O)[O-])cc1O)c1ccccc1[N+](=O)[O-].O=C(Nc1ccc([N+](=O)[O-])cc1O)Nc1c(F)cccc1F.O=C(Nc1ccc([N+](=O)[O-])cc1O)Nc1ccccc1F. The van der Waals surface area contributed by atoms with Gasteiger partial charge >= 0.3 is 18.1 Å². The van der Waals surface area contributed by atoms with Crippen molar-refractivity contribution in [3.8, 4) is 17.2 Å². The number of aromatic hydroxyl groups is 3. The Morgan fingerprint density at radius 3 is 1.36 bits per heavy atom. The molecule has 0 unspecified atom stereocenters. The number of carbonyl (C=O) groups is 3. The molecule has 27 heteroatoms. The summed E-state index contributed by atoms with van der Waals surface area (Å²) in [5, 5.41) is 80.5. The molecule has 0 heterocycles. The fourth-order valence-corrected chi connectivity index (χ4v) is 5.19. The van der Waals surface area contributed by atoms with Gasteiger partial charge < -0.3 is 42.3 Å². The van der Waals surface area contributed by atoms with E-state index in [-0.39, 0.29) is 39.8 Å². The van der Waals surface area contributed by atoms with Gasteiger partial charge in [0, 0.05) is 24.3 Å². The van der Waals surface area contributed by atoms with Gasteiger partial charge in [0.15, 0.2) is 0 Å². The highest BCUT2D eigenvalue weighted by Gasteiger charge is 2.27. The van der Waals surface area contributed by atoms with Crippen LogP contribution in [0.25, 0.3) is 0 Å². The molecule has 6 aromatic rings. The predicted octanol–water partition coefficient (Wildman–Crippen LogP) is 8.73. The monoisotopic (exact) mass is 918 g/mol. The minimum absolute atomic E-state index is 0.0311. The molecule has 9 N–H and O–H groups in total. The van der Waals surface area contributed by atoms with Crippen LogP contribution in [0.4, 0.5) is 84.4 Å². The zero-order valence-electron chi connectivity index (χ0n) is 32.8. The number of hydrogen-bond donors (Lipinski definition) is 8. The second kappa shape index (κ2) is 21.6. The lowest BCUT2D eigenvalue weighted by Crippen LogP contribution is -2.32. The maximum atomic E-state index is 13.4. The molecule has 0 aliphatic rings. The average molecular weight is 919 g/mol. The molecular weight excluding hydrogens is 889 g/mol. The quantitative estimate of drug-likeness (QED) is 0.0362. The first kappa shape index (κ1) is 48.6. The highest BCUT2D eigenvalue weighted by atomic mass is 19.1. The Labute approximate surface area is 365 Å². The fraction of sp³-hybridized carbons (Fsp3) is 0. The molecule has 6 amide bonds. The Hall–Kier alpha value is -10.1. The van der Waals surface area contributed by atoms with Crippen LogP contribution in [0.15, 0.2) is 121 Å². The van der Waals surface area contributed by atoms with Crippen molar-refractivity contribution >= 4 is 75.0 Å². The molecule has 0 radical (unpaired) electrons. The third-order valence-electron chi connectivity index (χ3n) is 8.15. The van der Waals surface area contributed by atoms with Crippen LogP contribution in [-0.4, -0.2) is 53.1 Å². The van der Waals surface area contributed by atoms with E-state index in [0.29, 0.717) is 4.90 Å². The van der Waals surface area contributed by atoms with E-state index in [0.717, 1.165) is 72.8 Å². The molecular formula is C39H29F3N10O14. The Morgan fingerprint density at radius 2 is 0.909 bits per heavy atom. The Balaban J connectivity index is 0.000000217. The summed E-state index contributed by atoms with van der Waals surface area (Å²) in [6.07, 6.45) is 0. The zero-order valence-corrected chi connectivity index (χ0v) is 32.8. The number of nitro benzene ring substituents is 4. The number of anilines is 6. The van der Waals surface area contributed by atoms with E-state index in [1.165, 1.54) is 42.5 Å². The van der Waals surface area contributed by atoms with Gasteiger partial charge in [-0.2, -0.15) is 0 Å². The van der Waals surface area contributed by atoms with E-state index < -0.39 is 89.5 Å². The second-order valence-electron chi connectivity index (χ2n) is 12.5. The molecule has 340 valence electrons. The van der Waals surface area contributed by atoms with E-state index in [2.05, 4.69) is 16.0 Å². The number of hydrogen-bond acceptors (Lipinski definition) is 14.